The number of ether oxygens (including phenoxy) is 2. The molecule has 0 aromatic carbocycles. The van der Waals surface area contributed by atoms with Crippen LogP contribution in [0, 0.1) is 0 Å². The van der Waals surface area contributed by atoms with E-state index in [9.17, 15) is 4.79 Å². The van der Waals surface area contributed by atoms with Crippen LogP contribution >= 0.6 is 11.3 Å². The summed E-state index contributed by atoms with van der Waals surface area (Å²) in [6.45, 7) is 9.34. The van der Waals surface area contributed by atoms with Crippen molar-refractivity contribution in [1.82, 2.24) is 15.2 Å². The quantitative estimate of drug-likeness (QED) is 0.806. The maximum absolute atomic E-state index is 12.0. The summed E-state index contributed by atoms with van der Waals surface area (Å²) in [5, 5.41) is 5.36. The third-order valence-corrected chi connectivity index (χ3v) is 4.15. The smallest absolute Gasteiger partial charge is 0.410 e. The summed E-state index contributed by atoms with van der Waals surface area (Å²) in [4.78, 5) is 18.0. The molecule has 0 unspecified atom stereocenters. The molecule has 1 fully saturated rings. The number of hydrogen-bond acceptors (Lipinski definition) is 6. The van der Waals surface area contributed by atoms with Gasteiger partial charge in [0.15, 0.2) is 0 Å². The molecule has 0 aliphatic carbocycles. The Kier molecular flexibility index (Phi) is 6.80. The molecule has 1 N–H and O–H groups in total. The minimum absolute atomic E-state index is 0.221. The Hall–Kier alpha value is -1.18. The Balaban J connectivity index is 1.55. The molecule has 2 rings (SSSR count). The molecule has 0 spiro atoms. The Morgan fingerprint density at radius 2 is 2.17 bits per heavy atom. The van der Waals surface area contributed by atoms with Crippen molar-refractivity contribution < 1.29 is 14.3 Å². The van der Waals surface area contributed by atoms with Gasteiger partial charge in [-0.15, -0.1) is 11.3 Å². The van der Waals surface area contributed by atoms with Crippen molar-refractivity contribution in [1.29, 1.82) is 0 Å². The summed E-state index contributed by atoms with van der Waals surface area (Å²) in [6.07, 6.45) is 1.74. The van der Waals surface area contributed by atoms with E-state index in [-0.39, 0.29) is 12.2 Å². The van der Waals surface area contributed by atoms with E-state index in [1.165, 1.54) is 0 Å². The molecule has 1 amide bonds. The number of nitrogens with zero attached hydrogens (tertiary/aromatic N) is 2. The number of likely N-dealkylation sites (tertiary alicyclic amines) is 1. The predicted octanol–water partition coefficient (Wildman–Crippen LogP) is 2.65. The molecule has 130 valence electrons. The van der Waals surface area contributed by atoms with Gasteiger partial charge in [-0.25, -0.2) is 9.78 Å². The molecule has 0 bridgehead atoms. The Labute approximate surface area is 142 Å². The molecule has 1 aromatic heterocycles. The normalized spacial score (nSPS) is 16.6. The molecule has 1 aliphatic heterocycles. The molecule has 0 saturated carbocycles. The second kappa shape index (κ2) is 8.61. The van der Waals surface area contributed by atoms with Crippen LogP contribution in [0.2, 0.25) is 0 Å². The lowest BCUT2D eigenvalue weighted by atomic mass is 10.1. The van der Waals surface area contributed by atoms with Gasteiger partial charge < -0.3 is 19.7 Å². The lowest BCUT2D eigenvalue weighted by Crippen LogP contribution is -2.43. The van der Waals surface area contributed by atoms with Crippen molar-refractivity contribution in [2.24, 2.45) is 0 Å². The van der Waals surface area contributed by atoms with Crippen LogP contribution < -0.4 is 5.32 Å². The fourth-order valence-corrected chi connectivity index (χ4v) is 2.93. The molecule has 1 saturated heterocycles. The number of thiazole rings is 1. The second-order valence-corrected chi connectivity index (χ2v) is 7.41. The van der Waals surface area contributed by atoms with Crippen LogP contribution in [0.5, 0.6) is 0 Å². The van der Waals surface area contributed by atoms with Gasteiger partial charge in [-0.3, -0.25) is 0 Å². The molecule has 2 heterocycles. The molecule has 1 aliphatic rings. The van der Waals surface area contributed by atoms with E-state index in [4.69, 9.17) is 9.47 Å². The van der Waals surface area contributed by atoms with Gasteiger partial charge in [0.25, 0.3) is 0 Å². The van der Waals surface area contributed by atoms with Crippen molar-refractivity contribution in [3.63, 3.8) is 0 Å². The summed E-state index contributed by atoms with van der Waals surface area (Å²) in [7, 11) is 0. The van der Waals surface area contributed by atoms with Gasteiger partial charge in [-0.2, -0.15) is 0 Å². The van der Waals surface area contributed by atoms with Gasteiger partial charge >= 0.3 is 6.09 Å². The lowest BCUT2D eigenvalue weighted by molar-refractivity contribution is -0.0104. The van der Waals surface area contributed by atoms with E-state index in [0.29, 0.717) is 19.7 Å². The van der Waals surface area contributed by atoms with Gasteiger partial charge in [0.1, 0.15) is 5.60 Å². The lowest BCUT2D eigenvalue weighted by Gasteiger charge is -2.33. The average molecular weight is 341 g/mol. The molecule has 7 heteroatoms. The largest absolute Gasteiger partial charge is 0.444 e. The van der Waals surface area contributed by atoms with Crippen molar-refractivity contribution >= 4 is 17.4 Å². The highest BCUT2D eigenvalue weighted by Crippen LogP contribution is 2.17. The van der Waals surface area contributed by atoms with E-state index in [0.717, 1.165) is 31.6 Å². The number of hydrogen-bond donors (Lipinski definition) is 1. The van der Waals surface area contributed by atoms with Crippen molar-refractivity contribution in [2.45, 2.75) is 51.9 Å². The van der Waals surface area contributed by atoms with Crippen molar-refractivity contribution in [2.75, 3.05) is 26.2 Å². The molecule has 0 radical (unpaired) electrons. The average Bonchev–Trinajstić information content (AvgIpc) is 2.99. The van der Waals surface area contributed by atoms with E-state index in [1.807, 2.05) is 31.7 Å². The molecular weight excluding hydrogens is 314 g/mol. The molecule has 23 heavy (non-hydrogen) atoms. The minimum atomic E-state index is -0.437. The molecule has 1 aromatic rings. The van der Waals surface area contributed by atoms with Gasteiger partial charge in [0, 0.05) is 31.6 Å². The predicted molar refractivity (Wildman–Crippen MR) is 90.6 cm³/mol. The highest BCUT2D eigenvalue weighted by atomic mass is 32.1. The molecule has 0 atom stereocenters. The van der Waals surface area contributed by atoms with Gasteiger partial charge in [0.05, 0.1) is 23.9 Å². The summed E-state index contributed by atoms with van der Waals surface area (Å²) in [6, 6.07) is 0. The van der Waals surface area contributed by atoms with Gasteiger partial charge in [-0.05, 0) is 33.6 Å². The standard InChI is InChI=1S/C16H27N3O3S/c1-16(2,3)22-15(20)19-7-4-14(5-8-19)21-9-6-17-10-13-11-23-12-18-13/h11-12,14,17H,4-10H2,1-3H3. The monoisotopic (exact) mass is 341 g/mol. The van der Waals surface area contributed by atoms with Crippen molar-refractivity contribution in [3.05, 3.63) is 16.6 Å². The number of nitrogens with one attached hydrogen (secondary N) is 1. The van der Waals surface area contributed by atoms with Crippen LogP contribution in [0.1, 0.15) is 39.3 Å². The third-order valence-electron chi connectivity index (χ3n) is 3.52. The number of aromatic nitrogens is 1. The van der Waals surface area contributed by atoms with E-state index >= 15 is 0 Å². The zero-order chi connectivity index (χ0) is 16.7. The van der Waals surface area contributed by atoms with Crippen LogP contribution in [0.4, 0.5) is 4.79 Å². The Morgan fingerprint density at radius 1 is 1.43 bits per heavy atom. The first-order valence-corrected chi connectivity index (χ1v) is 9.05. The fraction of sp³-hybridized carbons (Fsp3) is 0.750. The maximum Gasteiger partial charge on any atom is 0.410 e. The highest BCUT2D eigenvalue weighted by Gasteiger charge is 2.26. The third kappa shape index (κ3) is 6.85. The fourth-order valence-electron chi connectivity index (χ4n) is 2.37. The van der Waals surface area contributed by atoms with E-state index in [1.54, 1.807) is 16.2 Å². The topological polar surface area (TPSA) is 63.7 Å². The molecule has 6 nitrogen and oxygen atoms in total. The van der Waals surface area contributed by atoms with Crippen LogP contribution in [0.3, 0.4) is 0 Å². The zero-order valence-electron chi connectivity index (χ0n) is 14.2. The first kappa shape index (κ1) is 18.2. The number of rotatable bonds is 6. The first-order chi connectivity index (χ1) is 10.9. The van der Waals surface area contributed by atoms with E-state index < -0.39 is 5.60 Å². The number of piperidine rings is 1. The summed E-state index contributed by atoms with van der Waals surface area (Å²) >= 11 is 1.61. The SMILES string of the molecule is CC(C)(C)OC(=O)N1CCC(OCCNCc2cscn2)CC1. The summed E-state index contributed by atoms with van der Waals surface area (Å²) in [5.41, 5.74) is 2.47. The Bertz CT molecular complexity index is 465. The van der Waals surface area contributed by atoms with Gasteiger partial charge in [-0.1, -0.05) is 0 Å². The zero-order valence-corrected chi connectivity index (χ0v) is 15.0. The summed E-state index contributed by atoms with van der Waals surface area (Å²) < 4.78 is 11.3. The number of carbonyl (C=O) groups excluding carboxylic acids is 1. The number of carbonyl (C=O) groups is 1. The molecular formula is C16H27N3O3S. The number of amides is 1. The van der Waals surface area contributed by atoms with Crippen LogP contribution in [-0.2, 0) is 16.0 Å². The maximum atomic E-state index is 12.0. The van der Waals surface area contributed by atoms with E-state index in [2.05, 4.69) is 10.3 Å². The van der Waals surface area contributed by atoms with Crippen LogP contribution in [0.25, 0.3) is 0 Å². The second-order valence-electron chi connectivity index (χ2n) is 6.69. The van der Waals surface area contributed by atoms with Crippen molar-refractivity contribution in [3.8, 4) is 0 Å². The van der Waals surface area contributed by atoms with Crippen LogP contribution in [0.15, 0.2) is 10.9 Å². The first-order valence-electron chi connectivity index (χ1n) is 8.11. The summed E-state index contributed by atoms with van der Waals surface area (Å²) in [5.74, 6) is 0. The Morgan fingerprint density at radius 3 is 2.78 bits per heavy atom. The van der Waals surface area contributed by atoms with Crippen LogP contribution in [-0.4, -0.2) is 53.9 Å². The minimum Gasteiger partial charge on any atom is -0.444 e. The van der Waals surface area contributed by atoms with Gasteiger partial charge in [0.2, 0.25) is 0 Å². The highest BCUT2D eigenvalue weighted by molar-refractivity contribution is 7.07.